The molecular weight excluding hydrogens is 223 g/mol. The molecule has 0 heterocycles. The molecule has 0 spiro atoms. The van der Waals surface area contributed by atoms with Gasteiger partial charge in [0.25, 0.3) is 0 Å². The van der Waals surface area contributed by atoms with E-state index in [9.17, 15) is 9.18 Å². The lowest BCUT2D eigenvalue weighted by Gasteiger charge is -2.04. The molecule has 3 heteroatoms. The fourth-order valence-electron chi connectivity index (χ4n) is 0.917. The summed E-state index contributed by atoms with van der Waals surface area (Å²) in [6, 6.07) is 4.47. The van der Waals surface area contributed by atoms with Crippen molar-refractivity contribution in [2.75, 3.05) is 0 Å². The normalized spacial score (nSPS) is 12.6. The Morgan fingerprint density at radius 2 is 2.17 bits per heavy atom. The molecule has 0 fully saturated rings. The van der Waals surface area contributed by atoms with Gasteiger partial charge in [-0.15, -0.1) is 0 Å². The monoisotopic (exact) mass is 230 g/mol. The Labute approximate surface area is 78.7 Å². The fourth-order valence-corrected chi connectivity index (χ4v) is 1.40. The highest BCUT2D eigenvalue weighted by molar-refractivity contribution is 9.10. The summed E-state index contributed by atoms with van der Waals surface area (Å²) in [5.41, 5.74) is 0.692. The summed E-state index contributed by atoms with van der Waals surface area (Å²) in [5.74, 6) is -0.579. The maximum atomic E-state index is 12.8. The van der Waals surface area contributed by atoms with Gasteiger partial charge in [-0.3, -0.25) is 0 Å². The van der Waals surface area contributed by atoms with Crippen molar-refractivity contribution in [2.24, 2.45) is 0 Å². The van der Waals surface area contributed by atoms with Gasteiger partial charge >= 0.3 is 0 Å². The topological polar surface area (TPSA) is 17.1 Å². The zero-order valence-corrected chi connectivity index (χ0v) is 8.14. The fraction of sp³-hybridized carbons (Fsp3) is 0.222. The third kappa shape index (κ3) is 2.14. The number of carbonyl (C=O) groups is 1. The molecule has 0 bridgehead atoms. The number of halogens is 2. The summed E-state index contributed by atoms with van der Waals surface area (Å²) >= 11 is 3.15. The first-order valence-electron chi connectivity index (χ1n) is 3.55. The van der Waals surface area contributed by atoms with E-state index in [2.05, 4.69) is 15.9 Å². The first-order valence-corrected chi connectivity index (χ1v) is 4.34. The molecule has 1 aromatic carbocycles. The van der Waals surface area contributed by atoms with Gasteiger partial charge in [-0.2, -0.15) is 0 Å². The van der Waals surface area contributed by atoms with Crippen molar-refractivity contribution in [3.8, 4) is 0 Å². The highest BCUT2D eigenvalue weighted by atomic mass is 79.9. The van der Waals surface area contributed by atoms with Crippen molar-refractivity contribution >= 4 is 22.2 Å². The molecule has 0 radical (unpaired) electrons. The van der Waals surface area contributed by atoms with Gasteiger partial charge < -0.3 is 4.79 Å². The highest BCUT2D eigenvalue weighted by Crippen LogP contribution is 2.20. The molecule has 1 nitrogen and oxygen atoms in total. The maximum Gasteiger partial charge on any atom is 0.127 e. The third-order valence-electron chi connectivity index (χ3n) is 1.61. The van der Waals surface area contributed by atoms with E-state index in [1.165, 1.54) is 12.1 Å². The van der Waals surface area contributed by atoms with Gasteiger partial charge in [0.05, 0.1) is 0 Å². The first-order chi connectivity index (χ1) is 5.63. The van der Waals surface area contributed by atoms with Gasteiger partial charge in [0.15, 0.2) is 0 Å². The molecule has 0 saturated carbocycles. The Hall–Kier alpha value is -0.700. The van der Waals surface area contributed by atoms with Crippen LogP contribution in [0.1, 0.15) is 18.4 Å². The van der Waals surface area contributed by atoms with E-state index in [4.69, 9.17) is 0 Å². The van der Waals surface area contributed by atoms with Crippen molar-refractivity contribution in [1.82, 2.24) is 0 Å². The average molecular weight is 231 g/mol. The average Bonchev–Trinajstić information content (AvgIpc) is 2.01. The Morgan fingerprint density at radius 1 is 1.50 bits per heavy atom. The standard InChI is InChI=1S/C9H8BrFO/c1-6(5-12)7-2-8(10)4-9(11)3-7/h2-6H,1H3. The van der Waals surface area contributed by atoms with Crippen LogP contribution in [0.5, 0.6) is 0 Å². The summed E-state index contributed by atoms with van der Waals surface area (Å²) in [6.07, 6.45) is 0.793. The van der Waals surface area contributed by atoms with Crippen LogP contribution in [-0.2, 0) is 4.79 Å². The Balaban J connectivity index is 3.08. The number of benzene rings is 1. The van der Waals surface area contributed by atoms with E-state index in [0.29, 0.717) is 10.0 Å². The molecule has 1 unspecified atom stereocenters. The minimum atomic E-state index is -0.326. The minimum Gasteiger partial charge on any atom is -0.303 e. The zero-order valence-electron chi connectivity index (χ0n) is 6.55. The predicted molar refractivity (Wildman–Crippen MR) is 48.6 cm³/mol. The van der Waals surface area contributed by atoms with Gasteiger partial charge in [0.1, 0.15) is 12.1 Å². The van der Waals surface area contributed by atoms with Crippen molar-refractivity contribution in [1.29, 1.82) is 0 Å². The van der Waals surface area contributed by atoms with Crippen LogP contribution >= 0.6 is 15.9 Å². The Morgan fingerprint density at radius 3 is 2.67 bits per heavy atom. The summed E-state index contributed by atoms with van der Waals surface area (Å²) in [7, 11) is 0. The van der Waals surface area contributed by atoms with E-state index >= 15 is 0 Å². The highest BCUT2D eigenvalue weighted by Gasteiger charge is 2.05. The number of aldehydes is 1. The van der Waals surface area contributed by atoms with Crippen LogP contribution in [0.3, 0.4) is 0 Å². The molecule has 0 aliphatic carbocycles. The molecule has 1 atom stereocenters. The number of hydrogen-bond acceptors (Lipinski definition) is 1. The molecule has 0 amide bonds. The van der Waals surface area contributed by atoms with Crippen LogP contribution in [0.4, 0.5) is 4.39 Å². The molecule has 0 aromatic heterocycles. The molecule has 1 aromatic rings. The SMILES string of the molecule is CC(C=O)c1cc(F)cc(Br)c1. The maximum absolute atomic E-state index is 12.8. The lowest BCUT2D eigenvalue weighted by atomic mass is 10.0. The van der Waals surface area contributed by atoms with E-state index < -0.39 is 0 Å². The summed E-state index contributed by atoms with van der Waals surface area (Å²) in [5, 5.41) is 0. The molecule has 0 aliphatic heterocycles. The molecule has 12 heavy (non-hydrogen) atoms. The van der Waals surface area contributed by atoms with Gasteiger partial charge in [-0.25, -0.2) is 4.39 Å². The molecule has 64 valence electrons. The first kappa shape index (κ1) is 9.39. The van der Waals surface area contributed by atoms with Crippen LogP contribution in [0.2, 0.25) is 0 Å². The zero-order chi connectivity index (χ0) is 9.14. The van der Waals surface area contributed by atoms with Gasteiger partial charge in [-0.1, -0.05) is 22.9 Å². The number of hydrogen-bond donors (Lipinski definition) is 0. The van der Waals surface area contributed by atoms with E-state index in [1.54, 1.807) is 13.0 Å². The van der Waals surface area contributed by atoms with Crippen molar-refractivity contribution < 1.29 is 9.18 Å². The van der Waals surface area contributed by atoms with E-state index in [0.717, 1.165) is 6.29 Å². The van der Waals surface area contributed by atoms with Crippen molar-refractivity contribution in [3.05, 3.63) is 34.1 Å². The lowest BCUT2D eigenvalue weighted by molar-refractivity contribution is -0.108. The molecular formula is C9H8BrFO. The minimum absolute atomic E-state index is 0.253. The van der Waals surface area contributed by atoms with Gasteiger partial charge in [0.2, 0.25) is 0 Å². The second kappa shape index (κ2) is 3.81. The number of carbonyl (C=O) groups excluding carboxylic acids is 1. The van der Waals surface area contributed by atoms with Crippen LogP contribution in [0.25, 0.3) is 0 Å². The van der Waals surface area contributed by atoms with Crippen LogP contribution in [0, 0.1) is 5.82 Å². The largest absolute Gasteiger partial charge is 0.303 e. The lowest BCUT2D eigenvalue weighted by Crippen LogP contribution is -1.94. The van der Waals surface area contributed by atoms with Gasteiger partial charge in [-0.05, 0) is 23.8 Å². The summed E-state index contributed by atoms with van der Waals surface area (Å²) in [4.78, 5) is 10.4. The summed E-state index contributed by atoms with van der Waals surface area (Å²) in [6.45, 7) is 1.73. The van der Waals surface area contributed by atoms with E-state index in [-0.39, 0.29) is 11.7 Å². The molecule has 0 saturated heterocycles. The Kier molecular flexibility index (Phi) is 2.98. The van der Waals surface area contributed by atoms with Crippen molar-refractivity contribution in [2.45, 2.75) is 12.8 Å². The predicted octanol–water partition coefficient (Wildman–Crippen LogP) is 2.89. The Bertz CT molecular complexity index is 278. The number of rotatable bonds is 2. The quantitative estimate of drug-likeness (QED) is 0.715. The van der Waals surface area contributed by atoms with Crippen molar-refractivity contribution in [3.63, 3.8) is 0 Å². The second-order valence-electron chi connectivity index (χ2n) is 2.63. The van der Waals surface area contributed by atoms with E-state index in [1.807, 2.05) is 0 Å². The molecule has 0 N–H and O–H groups in total. The smallest absolute Gasteiger partial charge is 0.127 e. The van der Waals surface area contributed by atoms with Crippen LogP contribution in [0.15, 0.2) is 22.7 Å². The molecule has 0 aliphatic rings. The molecule has 1 rings (SSSR count). The van der Waals surface area contributed by atoms with Crippen LogP contribution < -0.4 is 0 Å². The van der Waals surface area contributed by atoms with Crippen LogP contribution in [-0.4, -0.2) is 6.29 Å². The summed E-state index contributed by atoms with van der Waals surface area (Å²) < 4.78 is 13.4. The van der Waals surface area contributed by atoms with Gasteiger partial charge in [0, 0.05) is 10.4 Å². The third-order valence-corrected chi connectivity index (χ3v) is 2.07. The second-order valence-corrected chi connectivity index (χ2v) is 3.54.